The second kappa shape index (κ2) is 8.22. The maximum Gasteiger partial charge on any atom is 0.243 e. The zero-order chi connectivity index (χ0) is 19.5. The maximum atomic E-state index is 12.5. The highest BCUT2D eigenvalue weighted by atomic mass is 32.1. The average molecular weight is 404 g/mol. The summed E-state index contributed by atoms with van der Waals surface area (Å²) in [6.45, 7) is 1.31. The molecule has 0 bridgehead atoms. The summed E-state index contributed by atoms with van der Waals surface area (Å²) in [5, 5.41) is 3.61. The summed E-state index contributed by atoms with van der Waals surface area (Å²) in [7, 11) is 0. The molecule has 0 radical (unpaired) electrons. The first kappa shape index (κ1) is 18.8. The Bertz CT molecular complexity index is 781. The predicted molar refractivity (Wildman–Crippen MR) is 107 cm³/mol. The fraction of sp³-hybridized carbons (Fsp3) is 0.526. The monoisotopic (exact) mass is 404 g/mol. The lowest BCUT2D eigenvalue weighted by Gasteiger charge is -2.22. The van der Waals surface area contributed by atoms with Crippen LogP contribution in [0.15, 0.2) is 18.2 Å². The van der Waals surface area contributed by atoms with Gasteiger partial charge in [0, 0.05) is 30.8 Å². The van der Waals surface area contributed by atoms with Crippen LogP contribution in [0.5, 0.6) is 11.5 Å². The first-order chi connectivity index (χ1) is 13.6. The molecule has 1 aromatic rings. The maximum absolute atomic E-state index is 12.5. The minimum atomic E-state index is -0.442. The van der Waals surface area contributed by atoms with Crippen molar-refractivity contribution in [2.45, 2.75) is 38.1 Å². The van der Waals surface area contributed by atoms with Gasteiger partial charge < -0.3 is 19.7 Å². The summed E-state index contributed by atoms with van der Waals surface area (Å²) < 4.78 is 11.1. The van der Waals surface area contributed by atoms with Crippen molar-refractivity contribution in [3.05, 3.63) is 18.2 Å². The smallest absolute Gasteiger partial charge is 0.243 e. The second-order valence-corrected chi connectivity index (χ2v) is 7.71. The molecule has 3 aliphatic rings. The van der Waals surface area contributed by atoms with E-state index in [2.05, 4.69) is 16.2 Å². The van der Waals surface area contributed by atoms with Crippen molar-refractivity contribution in [1.29, 1.82) is 0 Å². The topological polar surface area (TPSA) is 91.9 Å². The van der Waals surface area contributed by atoms with Crippen molar-refractivity contribution >= 4 is 34.8 Å². The van der Waals surface area contributed by atoms with Gasteiger partial charge in [0.2, 0.25) is 11.8 Å². The van der Waals surface area contributed by atoms with E-state index in [1.807, 2.05) is 6.07 Å². The summed E-state index contributed by atoms with van der Waals surface area (Å²) in [6.07, 6.45) is 4.75. The number of hydrogen-bond acceptors (Lipinski definition) is 5. The Morgan fingerprint density at radius 1 is 1.11 bits per heavy atom. The summed E-state index contributed by atoms with van der Waals surface area (Å²) in [5.41, 5.74) is 6.08. The van der Waals surface area contributed by atoms with Crippen molar-refractivity contribution in [1.82, 2.24) is 16.2 Å². The highest BCUT2D eigenvalue weighted by molar-refractivity contribution is 7.80. The van der Waals surface area contributed by atoms with Gasteiger partial charge in [-0.15, -0.1) is 0 Å². The number of nitrogens with zero attached hydrogens (tertiary/aromatic N) is 1. The van der Waals surface area contributed by atoms with E-state index < -0.39 is 5.92 Å². The van der Waals surface area contributed by atoms with E-state index in [0.717, 1.165) is 12.8 Å². The summed E-state index contributed by atoms with van der Waals surface area (Å²) in [6, 6.07) is 5.76. The van der Waals surface area contributed by atoms with E-state index >= 15 is 0 Å². The molecule has 2 heterocycles. The Morgan fingerprint density at radius 3 is 2.64 bits per heavy atom. The van der Waals surface area contributed by atoms with E-state index in [9.17, 15) is 9.59 Å². The summed E-state index contributed by atoms with van der Waals surface area (Å²) >= 11 is 5.22. The van der Waals surface area contributed by atoms with Gasteiger partial charge in [0.05, 0.1) is 5.92 Å². The predicted octanol–water partition coefficient (Wildman–Crippen LogP) is 1.25. The molecule has 4 rings (SSSR count). The van der Waals surface area contributed by atoms with E-state index in [4.69, 9.17) is 21.7 Å². The molecule has 1 saturated heterocycles. The number of amides is 2. The number of fused-ring (bicyclic) bond motifs is 1. The fourth-order valence-corrected chi connectivity index (χ4v) is 4.06. The van der Waals surface area contributed by atoms with Crippen molar-refractivity contribution in [2.24, 2.45) is 5.92 Å². The molecule has 150 valence electrons. The lowest BCUT2D eigenvalue weighted by Crippen LogP contribution is -2.50. The van der Waals surface area contributed by atoms with Crippen LogP contribution >= 0.6 is 12.2 Å². The van der Waals surface area contributed by atoms with Gasteiger partial charge in [-0.2, -0.15) is 0 Å². The lowest BCUT2D eigenvalue weighted by atomic mass is 10.1. The Morgan fingerprint density at radius 2 is 1.86 bits per heavy atom. The third kappa shape index (κ3) is 4.14. The normalized spacial score (nSPS) is 21.5. The molecule has 3 N–H and O–H groups in total. The Hall–Kier alpha value is -2.55. The molecule has 2 aliphatic heterocycles. The Labute approximate surface area is 168 Å². The van der Waals surface area contributed by atoms with Gasteiger partial charge in [0.25, 0.3) is 0 Å². The lowest BCUT2D eigenvalue weighted by molar-refractivity contribution is -0.126. The van der Waals surface area contributed by atoms with Gasteiger partial charge in [0.1, 0.15) is 13.2 Å². The van der Waals surface area contributed by atoms with Crippen LogP contribution in [0.1, 0.15) is 32.1 Å². The van der Waals surface area contributed by atoms with Crippen LogP contribution < -0.4 is 30.5 Å². The van der Waals surface area contributed by atoms with Crippen LogP contribution in [0.25, 0.3) is 0 Å². The van der Waals surface area contributed by atoms with E-state index in [1.165, 1.54) is 12.8 Å². The highest BCUT2D eigenvalue weighted by Gasteiger charge is 2.35. The molecule has 1 saturated carbocycles. The van der Waals surface area contributed by atoms with Gasteiger partial charge in [-0.3, -0.25) is 20.4 Å². The second-order valence-electron chi connectivity index (χ2n) is 7.30. The molecule has 0 aromatic heterocycles. The minimum Gasteiger partial charge on any atom is -0.486 e. The number of hydrazine groups is 1. The largest absolute Gasteiger partial charge is 0.486 e. The number of thiocarbonyl (C=S) groups is 1. The number of benzene rings is 1. The van der Waals surface area contributed by atoms with Crippen LogP contribution in [0.3, 0.4) is 0 Å². The van der Waals surface area contributed by atoms with Crippen LogP contribution in [-0.4, -0.2) is 42.7 Å². The van der Waals surface area contributed by atoms with Crippen LogP contribution in [0.2, 0.25) is 0 Å². The number of nitrogens with one attached hydrogen (secondary N) is 3. The molecule has 1 aromatic carbocycles. The molecule has 1 atom stereocenters. The molecule has 2 fully saturated rings. The standard InChI is InChI=1S/C19H24N4O4S/c24-17-9-12(18(25)21-22-19(28)20-13-3-1-2-4-13)11-23(17)14-5-6-15-16(10-14)27-8-7-26-15/h5-6,10,12-13H,1-4,7-9,11H2,(H,21,25)(H2,20,22,28)/t12-/m0/s1. The first-order valence-corrected chi connectivity index (χ1v) is 10.1. The Balaban J connectivity index is 1.31. The van der Waals surface area contributed by atoms with Crippen molar-refractivity contribution < 1.29 is 19.1 Å². The summed E-state index contributed by atoms with van der Waals surface area (Å²) in [5.74, 6) is 0.507. The number of hydrogen-bond donors (Lipinski definition) is 3. The average Bonchev–Trinajstić information content (AvgIpc) is 3.35. The minimum absolute atomic E-state index is 0.0940. The Kier molecular flexibility index (Phi) is 5.52. The molecular weight excluding hydrogens is 380 g/mol. The molecule has 2 amide bonds. The number of rotatable bonds is 3. The van der Waals surface area contributed by atoms with Crippen LogP contribution in [0.4, 0.5) is 5.69 Å². The SMILES string of the molecule is O=C(NNC(=S)NC1CCCC1)[C@H]1CC(=O)N(c2ccc3c(c2)OCCO3)C1. The third-order valence-electron chi connectivity index (χ3n) is 5.32. The van der Waals surface area contributed by atoms with E-state index in [-0.39, 0.29) is 18.2 Å². The van der Waals surface area contributed by atoms with Crippen molar-refractivity contribution in [3.8, 4) is 11.5 Å². The highest BCUT2D eigenvalue weighted by Crippen LogP contribution is 2.35. The first-order valence-electron chi connectivity index (χ1n) is 9.66. The third-order valence-corrected chi connectivity index (χ3v) is 5.54. The zero-order valence-corrected chi connectivity index (χ0v) is 16.3. The molecule has 9 heteroatoms. The molecule has 28 heavy (non-hydrogen) atoms. The number of carbonyl (C=O) groups is 2. The molecule has 0 unspecified atom stereocenters. The van der Waals surface area contributed by atoms with Gasteiger partial charge in [0.15, 0.2) is 16.6 Å². The van der Waals surface area contributed by atoms with Gasteiger partial charge in [-0.25, -0.2) is 0 Å². The van der Waals surface area contributed by atoms with Gasteiger partial charge in [-0.05, 0) is 37.2 Å². The molecule has 0 spiro atoms. The number of ether oxygens (including phenoxy) is 2. The number of anilines is 1. The van der Waals surface area contributed by atoms with Crippen LogP contribution in [0, 0.1) is 5.92 Å². The number of carbonyl (C=O) groups excluding carboxylic acids is 2. The fourth-order valence-electron chi connectivity index (χ4n) is 3.84. The summed E-state index contributed by atoms with van der Waals surface area (Å²) in [4.78, 5) is 26.5. The van der Waals surface area contributed by atoms with E-state index in [0.29, 0.717) is 48.1 Å². The van der Waals surface area contributed by atoms with Crippen molar-refractivity contribution in [2.75, 3.05) is 24.7 Å². The van der Waals surface area contributed by atoms with E-state index in [1.54, 1.807) is 17.0 Å². The zero-order valence-electron chi connectivity index (χ0n) is 15.5. The van der Waals surface area contributed by atoms with Gasteiger partial charge in [-0.1, -0.05) is 12.8 Å². The quantitative estimate of drug-likeness (QED) is 0.516. The van der Waals surface area contributed by atoms with Crippen LogP contribution in [-0.2, 0) is 9.59 Å². The van der Waals surface area contributed by atoms with Gasteiger partial charge >= 0.3 is 0 Å². The molecule has 8 nitrogen and oxygen atoms in total. The molecule has 1 aliphatic carbocycles. The molecular formula is C19H24N4O4S. The van der Waals surface area contributed by atoms with Crippen molar-refractivity contribution in [3.63, 3.8) is 0 Å².